The van der Waals surface area contributed by atoms with Crippen LogP contribution in [0.4, 0.5) is 11.4 Å². The first-order valence-electron chi connectivity index (χ1n) is 11.1. The zero-order valence-electron chi connectivity index (χ0n) is 18.9. The molecule has 1 unspecified atom stereocenters. The number of amides is 2. The average Bonchev–Trinajstić information content (AvgIpc) is 3.30. The van der Waals surface area contributed by atoms with Crippen molar-refractivity contribution in [2.45, 2.75) is 46.6 Å². The molecular formula is C25H33N3O3. The van der Waals surface area contributed by atoms with Crippen LogP contribution >= 0.6 is 0 Å². The summed E-state index contributed by atoms with van der Waals surface area (Å²) in [6.45, 7) is 10.1. The van der Waals surface area contributed by atoms with Crippen LogP contribution in [-0.4, -0.2) is 31.5 Å². The quantitative estimate of drug-likeness (QED) is 0.642. The molecule has 6 nitrogen and oxygen atoms in total. The van der Waals surface area contributed by atoms with Crippen LogP contribution in [0.3, 0.4) is 0 Å². The van der Waals surface area contributed by atoms with E-state index in [1.165, 1.54) is 18.5 Å². The van der Waals surface area contributed by atoms with Crippen molar-refractivity contribution in [2.75, 3.05) is 29.9 Å². The first-order chi connectivity index (χ1) is 14.9. The van der Waals surface area contributed by atoms with Crippen LogP contribution in [0.15, 0.2) is 42.5 Å². The van der Waals surface area contributed by atoms with Gasteiger partial charge < -0.3 is 20.3 Å². The minimum Gasteiger partial charge on any atom is -0.493 e. The summed E-state index contributed by atoms with van der Waals surface area (Å²) in [6.07, 6.45) is 2.45. The van der Waals surface area contributed by atoms with Gasteiger partial charge in [-0.15, -0.1) is 0 Å². The summed E-state index contributed by atoms with van der Waals surface area (Å²) in [4.78, 5) is 27.6. The number of ether oxygens (including phenoxy) is 1. The third-order valence-electron chi connectivity index (χ3n) is 5.50. The fourth-order valence-corrected chi connectivity index (χ4v) is 3.68. The Morgan fingerprint density at radius 3 is 2.48 bits per heavy atom. The lowest BCUT2D eigenvalue weighted by Gasteiger charge is -2.21. The summed E-state index contributed by atoms with van der Waals surface area (Å²) in [6, 6.07) is 13.3. The number of hydrogen-bond acceptors (Lipinski definition) is 4. The number of nitrogens with one attached hydrogen (secondary N) is 2. The summed E-state index contributed by atoms with van der Waals surface area (Å²) in [5.41, 5.74) is 3.24. The molecule has 0 aliphatic carbocycles. The molecule has 2 aromatic rings. The van der Waals surface area contributed by atoms with Gasteiger partial charge >= 0.3 is 0 Å². The highest BCUT2D eigenvalue weighted by Gasteiger charge is 2.19. The number of carbonyl (C=O) groups excluding carboxylic acids is 2. The Labute approximate surface area is 185 Å². The molecule has 0 aromatic heterocycles. The third kappa shape index (κ3) is 5.78. The monoisotopic (exact) mass is 423 g/mol. The van der Waals surface area contributed by atoms with Crippen molar-refractivity contribution in [3.8, 4) is 5.75 Å². The molecule has 1 aliphatic rings. The molecular weight excluding hydrogens is 390 g/mol. The van der Waals surface area contributed by atoms with Crippen molar-refractivity contribution in [3.63, 3.8) is 0 Å². The zero-order valence-corrected chi connectivity index (χ0v) is 18.9. The summed E-state index contributed by atoms with van der Waals surface area (Å²) in [5, 5.41) is 5.93. The van der Waals surface area contributed by atoms with Crippen LogP contribution in [0.1, 0.15) is 62.5 Å². The van der Waals surface area contributed by atoms with Crippen molar-refractivity contribution in [1.82, 2.24) is 5.32 Å². The molecule has 0 radical (unpaired) electrons. The maximum Gasteiger partial charge on any atom is 0.255 e. The van der Waals surface area contributed by atoms with E-state index in [0.717, 1.165) is 18.7 Å². The highest BCUT2D eigenvalue weighted by atomic mass is 16.5. The smallest absolute Gasteiger partial charge is 0.255 e. The molecule has 1 aliphatic heterocycles. The van der Waals surface area contributed by atoms with Gasteiger partial charge in [0.2, 0.25) is 5.91 Å². The van der Waals surface area contributed by atoms with Gasteiger partial charge in [0.25, 0.3) is 5.91 Å². The first kappa shape index (κ1) is 22.7. The summed E-state index contributed by atoms with van der Waals surface area (Å²) >= 11 is 0. The Bertz CT molecular complexity index is 920. The van der Waals surface area contributed by atoms with E-state index in [1.807, 2.05) is 39.8 Å². The predicted octanol–water partition coefficient (Wildman–Crippen LogP) is 4.77. The Balaban J connectivity index is 1.78. The van der Waals surface area contributed by atoms with Gasteiger partial charge in [-0.25, -0.2) is 0 Å². The van der Waals surface area contributed by atoms with Gasteiger partial charge in [-0.3, -0.25) is 9.59 Å². The van der Waals surface area contributed by atoms with Crippen molar-refractivity contribution in [2.24, 2.45) is 5.92 Å². The molecule has 1 heterocycles. The van der Waals surface area contributed by atoms with Gasteiger partial charge in [-0.05, 0) is 62.6 Å². The Morgan fingerprint density at radius 1 is 1.06 bits per heavy atom. The van der Waals surface area contributed by atoms with E-state index in [0.29, 0.717) is 23.6 Å². The van der Waals surface area contributed by atoms with E-state index < -0.39 is 0 Å². The standard InChI is InChI=1S/C25H33N3O3/c1-5-31-23-12-11-20(27-24(29)17(2)3)16-22(23)25(30)26-18(4)19-9-8-10-21(15-19)28-13-6-7-14-28/h8-12,15-18H,5-7,13-14H2,1-4H3,(H,26,30)(H,27,29). The summed E-state index contributed by atoms with van der Waals surface area (Å²) in [7, 11) is 0. The second-order valence-corrected chi connectivity index (χ2v) is 8.27. The number of nitrogens with zero attached hydrogens (tertiary/aromatic N) is 1. The van der Waals surface area contributed by atoms with Gasteiger partial charge in [0.05, 0.1) is 18.2 Å². The summed E-state index contributed by atoms with van der Waals surface area (Å²) in [5.74, 6) is 0.0260. The third-order valence-corrected chi connectivity index (χ3v) is 5.50. The first-order valence-corrected chi connectivity index (χ1v) is 11.1. The van der Waals surface area contributed by atoms with Gasteiger partial charge in [-0.1, -0.05) is 26.0 Å². The minimum atomic E-state index is -0.233. The maximum absolute atomic E-state index is 13.1. The van der Waals surface area contributed by atoms with Crippen LogP contribution < -0.4 is 20.3 Å². The van der Waals surface area contributed by atoms with Crippen molar-refractivity contribution in [3.05, 3.63) is 53.6 Å². The molecule has 3 rings (SSSR count). The number of rotatable bonds is 8. The number of benzene rings is 2. The Kier molecular flexibility index (Phi) is 7.55. The van der Waals surface area contributed by atoms with Crippen LogP contribution in [-0.2, 0) is 4.79 Å². The molecule has 31 heavy (non-hydrogen) atoms. The molecule has 2 N–H and O–H groups in total. The Hall–Kier alpha value is -3.02. The highest BCUT2D eigenvalue weighted by Crippen LogP contribution is 2.26. The van der Waals surface area contributed by atoms with Crippen LogP contribution in [0.2, 0.25) is 0 Å². The van der Waals surface area contributed by atoms with Crippen LogP contribution in [0.25, 0.3) is 0 Å². The average molecular weight is 424 g/mol. The number of hydrogen-bond donors (Lipinski definition) is 2. The second kappa shape index (κ2) is 10.3. The molecule has 1 saturated heterocycles. The number of anilines is 2. The molecule has 0 spiro atoms. The van der Waals surface area contributed by atoms with E-state index in [-0.39, 0.29) is 23.8 Å². The second-order valence-electron chi connectivity index (χ2n) is 8.27. The van der Waals surface area contributed by atoms with E-state index in [2.05, 4.69) is 27.7 Å². The lowest BCUT2D eigenvalue weighted by molar-refractivity contribution is -0.118. The summed E-state index contributed by atoms with van der Waals surface area (Å²) < 4.78 is 5.66. The van der Waals surface area contributed by atoms with E-state index in [4.69, 9.17) is 4.74 Å². The Morgan fingerprint density at radius 2 is 1.81 bits per heavy atom. The zero-order chi connectivity index (χ0) is 22.4. The molecule has 166 valence electrons. The lowest BCUT2D eigenvalue weighted by atomic mass is 10.1. The van der Waals surface area contributed by atoms with Gasteiger partial charge in [0, 0.05) is 30.4 Å². The highest BCUT2D eigenvalue weighted by molar-refractivity contribution is 6.00. The fraction of sp³-hybridized carbons (Fsp3) is 0.440. The van der Waals surface area contributed by atoms with Crippen LogP contribution in [0.5, 0.6) is 5.75 Å². The van der Waals surface area contributed by atoms with Crippen molar-refractivity contribution >= 4 is 23.2 Å². The largest absolute Gasteiger partial charge is 0.493 e. The molecule has 1 fully saturated rings. The molecule has 2 aromatic carbocycles. The molecule has 2 amide bonds. The topological polar surface area (TPSA) is 70.7 Å². The maximum atomic E-state index is 13.1. The lowest BCUT2D eigenvalue weighted by Crippen LogP contribution is -2.28. The number of carbonyl (C=O) groups is 2. The SMILES string of the molecule is CCOc1ccc(NC(=O)C(C)C)cc1C(=O)NC(C)c1cccc(N2CCCC2)c1. The van der Waals surface area contributed by atoms with Gasteiger partial charge in [-0.2, -0.15) is 0 Å². The van der Waals surface area contributed by atoms with Crippen LogP contribution in [0, 0.1) is 5.92 Å². The van der Waals surface area contributed by atoms with Crippen molar-refractivity contribution in [1.29, 1.82) is 0 Å². The van der Waals surface area contributed by atoms with E-state index in [9.17, 15) is 9.59 Å². The fourth-order valence-electron chi connectivity index (χ4n) is 3.68. The van der Waals surface area contributed by atoms with E-state index >= 15 is 0 Å². The predicted molar refractivity (Wildman–Crippen MR) is 125 cm³/mol. The molecule has 0 bridgehead atoms. The van der Waals surface area contributed by atoms with Gasteiger partial charge in [0.15, 0.2) is 0 Å². The van der Waals surface area contributed by atoms with Gasteiger partial charge in [0.1, 0.15) is 5.75 Å². The van der Waals surface area contributed by atoms with Crippen molar-refractivity contribution < 1.29 is 14.3 Å². The molecule has 1 atom stereocenters. The minimum absolute atomic E-state index is 0.0948. The molecule has 6 heteroatoms. The normalized spacial score (nSPS) is 14.4. The molecule has 0 saturated carbocycles. The van der Waals surface area contributed by atoms with E-state index in [1.54, 1.807) is 18.2 Å².